The summed E-state index contributed by atoms with van der Waals surface area (Å²) in [6, 6.07) is 23.3. The van der Waals surface area contributed by atoms with Gasteiger partial charge in [-0.05, 0) is 47.4 Å². The van der Waals surface area contributed by atoms with E-state index in [0.717, 1.165) is 22.4 Å². The van der Waals surface area contributed by atoms with Crippen LogP contribution in [0.25, 0.3) is 0 Å². The smallest absolute Gasteiger partial charge is 0.370 e. The number of benzene rings is 3. The molecule has 4 heterocycles. The molecule has 1 unspecified atom stereocenters. The lowest BCUT2D eigenvalue weighted by Crippen LogP contribution is -2.61. The molecule has 2 amide bonds. The fourth-order valence-corrected chi connectivity index (χ4v) is 7.37. The zero-order valence-electron chi connectivity index (χ0n) is 24.2. The molecular weight excluding hydrogens is 555 g/mol. The van der Waals surface area contributed by atoms with Crippen LogP contribution in [0.4, 0.5) is 18.9 Å². The average molecular weight is 592 g/mol. The largest absolute Gasteiger partial charge is 0.430 e. The van der Waals surface area contributed by atoms with E-state index in [9.17, 15) is 9.59 Å². The summed E-state index contributed by atoms with van der Waals surface area (Å²) in [6.07, 6.45) is -3.68. The number of hydrogen-bond acceptors (Lipinski definition) is 4. The predicted molar refractivity (Wildman–Crippen MR) is 157 cm³/mol. The summed E-state index contributed by atoms with van der Waals surface area (Å²) in [5.74, 6) is -1.21. The van der Waals surface area contributed by atoms with Gasteiger partial charge in [0.15, 0.2) is 0 Å². The number of carbonyl (C=O) groups is 2. The quantitative estimate of drug-likeness (QED) is 0.432. The van der Waals surface area contributed by atoms with Gasteiger partial charge in [-0.1, -0.05) is 72.8 Å². The topological polar surface area (TPSA) is 61.9 Å². The molecule has 2 atom stereocenters. The third-order valence-electron chi connectivity index (χ3n) is 9.57. The molecule has 7 rings (SSSR count). The lowest BCUT2D eigenvalue weighted by atomic mass is 9.61. The molecule has 0 radical (unpaired) electrons. The van der Waals surface area contributed by atoms with E-state index in [0.29, 0.717) is 25.9 Å². The van der Waals surface area contributed by atoms with Crippen molar-refractivity contribution < 1.29 is 27.5 Å². The maximum Gasteiger partial charge on any atom is 0.430 e. The van der Waals surface area contributed by atoms with Crippen molar-refractivity contribution in [2.45, 2.75) is 49.9 Å². The molecule has 0 saturated carbocycles. The SMILES string of the molecule is CN(Cc1ccccc1)c1cccc2c1C1CNC(=O)CC13CCN(CC3)C(=O)[C@](c1ccccc1)(C(F)(F)F)OCC2. The van der Waals surface area contributed by atoms with E-state index in [-0.39, 0.29) is 49.9 Å². The Labute approximate surface area is 249 Å². The number of alkyl halides is 3. The summed E-state index contributed by atoms with van der Waals surface area (Å²) < 4.78 is 51.3. The Morgan fingerprint density at radius 3 is 2.30 bits per heavy atom. The molecule has 0 aromatic heterocycles. The van der Waals surface area contributed by atoms with Crippen LogP contribution in [0.15, 0.2) is 78.9 Å². The highest BCUT2D eigenvalue weighted by atomic mass is 19.4. The molecule has 1 N–H and O–H groups in total. The summed E-state index contributed by atoms with van der Waals surface area (Å²) in [6.45, 7) is 1.02. The molecule has 4 aliphatic heterocycles. The molecule has 0 aliphatic carbocycles. The van der Waals surface area contributed by atoms with Crippen LogP contribution in [0.3, 0.4) is 0 Å². The fraction of sp³-hybridized carbons (Fsp3) is 0.412. The van der Waals surface area contributed by atoms with E-state index in [1.165, 1.54) is 29.2 Å². The Morgan fingerprint density at radius 2 is 1.63 bits per heavy atom. The Balaban J connectivity index is 1.48. The van der Waals surface area contributed by atoms with Crippen LogP contribution in [0.1, 0.15) is 47.4 Å². The van der Waals surface area contributed by atoms with Gasteiger partial charge in [0.1, 0.15) is 0 Å². The molecule has 3 aromatic rings. The number of rotatable bonds is 4. The number of nitrogens with one attached hydrogen (secondary N) is 1. The molecule has 2 saturated heterocycles. The normalized spacial score (nSPS) is 26.0. The minimum Gasteiger partial charge on any atom is -0.370 e. The van der Waals surface area contributed by atoms with Gasteiger partial charge in [0.25, 0.3) is 11.5 Å². The molecule has 9 heteroatoms. The van der Waals surface area contributed by atoms with Crippen molar-refractivity contribution in [3.63, 3.8) is 0 Å². The molecule has 3 aromatic carbocycles. The Morgan fingerprint density at radius 1 is 0.953 bits per heavy atom. The third-order valence-corrected chi connectivity index (χ3v) is 9.57. The predicted octanol–water partition coefficient (Wildman–Crippen LogP) is 5.57. The number of halogens is 3. The molecule has 1 spiro atoms. The first-order chi connectivity index (χ1) is 20.6. The van der Waals surface area contributed by atoms with Crippen LogP contribution in [0.5, 0.6) is 0 Å². The molecule has 2 fully saturated rings. The highest BCUT2D eigenvalue weighted by Crippen LogP contribution is 2.53. The second kappa shape index (κ2) is 11.3. The summed E-state index contributed by atoms with van der Waals surface area (Å²) in [4.78, 5) is 30.3. The summed E-state index contributed by atoms with van der Waals surface area (Å²) in [5, 5.41) is 3.07. The minimum absolute atomic E-state index is 0.0583. The maximum absolute atomic E-state index is 15.1. The zero-order chi connectivity index (χ0) is 30.2. The first kappa shape index (κ1) is 29.2. The number of piperidine rings is 2. The molecule has 43 heavy (non-hydrogen) atoms. The van der Waals surface area contributed by atoms with Gasteiger partial charge in [-0.2, -0.15) is 13.2 Å². The van der Waals surface area contributed by atoms with Gasteiger partial charge in [0.2, 0.25) is 5.91 Å². The fourth-order valence-electron chi connectivity index (χ4n) is 7.37. The van der Waals surface area contributed by atoms with Crippen LogP contribution in [0, 0.1) is 5.41 Å². The van der Waals surface area contributed by atoms with Crippen molar-refractivity contribution in [2.75, 3.05) is 38.2 Å². The molecule has 6 nitrogen and oxygen atoms in total. The van der Waals surface area contributed by atoms with E-state index >= 15 is 13.2 Å². The Bertz CT molecular complexity index is 1470. The van der Waals surface area contributed by atoms with Gasteiger partial charge in [0.05, 0.1) is 6.61 Å². The van der Waals surface area contributed by atoms with Crippen molar-refractivity contribution in [1.29, 1.82) is 0 Å². The standard InChI is InChI=1S/C34H36F3N3O3/c1-39(23-24-9-4-2-5-10-24)28-14-8-11-25-15-20-43-33(34(35,36)37,26-12-6-3-7-13-26)31(42)40-18-16-32(17-19-40)21-29(41)38-22-27(32)30(25)28/h2-14,27H,15-23H2,1H3,(H,38,41)/t27?,33-/m1/s1. The molecule has 226 valence electrons. The zero-order valence-corrected chi connectivity index (χ0v) is 24.2. The van der Waals surface area contributed by atoms with Gasteiger partial charge >= 0.3 is 6.18 Å². The Hall–Kier alpha value is -3.85. The minimum atomic E-state index is -4.99. The highest BCUT2D eigenvalue weighted by molar-refractivity contribution is 5.88. The van der Waals surface area contributed by atoms with Gasteiger partial charge in [0, 0.05) is 56.8 Å². The lowest BCUT2D eigenvalue weighted by molar-refractivity contribution is -0.278. The van der Waals surface area contributed by atoms with E-state index in [1.54, 1.807) is 6.07 Å². The second-order valence-corrected chi connectivity index (χ2v) is 12.0. The van der Waals surface area contributed by atoms with E-state index in [4.69, 9.17) is 4.74 Å². The van der Waals surface area contributed by atoms with Gasteiger partial charge in [-0.15, -0.1) is 0 Å². The van der Waals surface area contributed by atoms with Crippen LogP contribution >= 0.6 is 0 Å². The summed E-state index contributed by atoms with van der Waals surface area (Å²) >= 11 is 0. The number of fused-ring (bicyclic) bond motifs is 6. The number of hydrogen-bond donors (Lipinski definition) is 1. The van der Waals surface area contributed by atoms with Crippen molar-refractivity contribution in [2.24, 2.45) is 5.41 Å². The summed E-state index contributed by atoms with van der Waals surface area (Å²) in [5.41, 5.74) is 0.211. The van der Waals surface area contributed by atoms with Crippen molar-refractivity contribution in [3.8, 4) is 0 Å². The first-order valence-electron chi connectivity index (χ1n) is 14.8. The van der Waals surface area contributed by atoms with Crippen LogP contribution in [-0.2, 0) is 32.9 Å². The number of nitrogens with zero attached hydrogens (tertiary/aromatic N) is 2. The highest BCUT2D eigenvalue weighted by Gasteiger charge is 2.65. The maximum atomic E-state index is 15.1. The third kappa shape index (κ3) is 5.18. The number of ether oxygens (including phenoxy) is 1. The van der Waals surface area contributed by atoms with E-state index < -0.39 is 23.1 Å². The number of amides is 2. The van der Waals surface area contributed by atoms with Gasteiger partial charge in [-0.25, -0.2) is 0 Å². The van der Waals surface area contributed by atoms with E-state index in [2.05, 4.69) is 28.4 Å². The number of anilines is 1. The van der Waals surface area contributed by atoms with Crippen LogP contribution in [-0.4, -0.2) is 56.2 Å². The molecule has 4 aliphatic rings. The first-order valence-corrected chi connectivity index (χ1v) is 14.8. The monoisotopic (exact) mass is 591 g/mol. The Kier molecular flexibility index (Phi) is 7.71. The number of carbonyl (C=O) groups excluding carboxylic acids is 2. The van der Waals surface area contributed by atoms with Gasteiger partial charge in [-0.3, -0.25) is 9.59 Å². The second-order valence-electron chi connectivity index (χ2n) is 12.0. The average Bonchev–Trinajstić information content (AvgIpc) is 2.99. The lowest BCUT2D eigenvalue weighted by Gasteiger charge is -2.51. The van der Waals surface area contributed by atoms with Crippen molar-refractivity contribution >= 4 is 17.5 Å². The molecular formula is C34H36F3N3O3. The van der Waals surface area contributed by atoms with Crippen molar-refractivity contribution in [3.05, 3.63) is 101 Å². The van der Waals surface area contributed by atoms with E-state index in [1.807, 2.05) is 37.4 Å². The summed E-state index contributed by atoms with van der Waals surface area (Å²) in [7, 11) is 2.02. The van der Waals surface area contributed by atoms with Crippen LogP contribution < -0.4 is 10.2 Å². The van der Waals surface area contributed by atoms with Gasteiger partial charge < -0.3 is 19.9 Å². The van der Waals surface area contributed by atoms with Crippen LogP contribution in [0.2, 0.25) is 0 Å². The van der Waals surface area contributed by atoms with Crippen molar-refractivity contribution in [1.82, 2.24) is 10.2 Å². The molecule has 2 bridgehead atoms.